The average Bonchev–Trinajstić information content (AvgIpc) is 2.78. The number of rotatable bonds is 1. The van der Waals surface area contributed by atoms with Crippen LogP contribution in [-0.2, 0) is 0 Å². The Kier molecular flexibility index (Phi) is 1.79. The highest BCUT2D eigenvalue weighted by Gasteiger charge is 2.30. The first-order valence-electron chi connectivity index (χ1n) is 5.33. The molecule has 3 rings (SSSR count). The molecule has 2 aliphatic rings. The molecule has 14 heavy (non-hydrogen) atoms. The third-order valence-electron chi connectivity index (χ3n) is 3.15. The molecule has 0 amide bonds. The van der Waals surface area contributed by atoms with Crippen LogP contribution in [0.2, 0.25) is 0 Å². The summed E-state index contributed by atoms with van der Waals surface area (Å²) in [6, 6.07) is 10.5. The molecule has 1 aromatic rings. The minimum Gasteiger partial charge on any atom is -0.265 e. The molecule has 1 fully saturated rings. The minimum absolute atomic E-state index is 0.746. The zero-order valence-electron chi connectivity index (χ0n) is 8.19. The van der Waals surface area contributed by atoms with E-state index < -0.39 is 0 Å². The van der Waals surface area contributed by atoms with Crippen LogP contribution >= 0.6 is 0 Å². The second kappa shape index (κ2) is 3.12. The van der Waals surface area contributed by atoms with Gasteiger partial charge in [0, 0.05) is 18.2 Å². The van der Waals surface area contributed by atoms with E-state index in [1.54, 1.807) is 0 Å². The Bertz CT molecular complexity index is 356. The molecule has 0 aromatic heterocycles. The Balaban J connectivity index is 1.87. The highest BCUT2D eigenvalue weighted by atomic mass is 15.5. The summed E-state index contributed by atoms with van der Waals surface area (Å²) in [7, 11) is 0. The number of fused-ring (bicyclic) bond motifs is 1. The molecule has 1 heterocycles. The van der Waals surface area contributed by atoms with Gasteiger partial charge in [-0.25, -0.2) is 0 Å². The average molecular weight is 186 g/mol. The summed E-state index contributed by atoms with van der Waals surface area (Å²) in [5.74, 6) is 0.746. The summed E-state index contributed by atoms with van der Waals surface area (Å²) in [5.41, 5.74) is 2.66. The van der Waals surface area contributed by atoms with Crippen molar-refractivity contribution in [1.29, 1.82) is 0 Å². The van der Waals surface area contributed by atoms with Crippen LogP contribution in [0.25, 0.3) is 0 Å². The van der Waals surface area contributed by atoms with Crippen molar-refractivity contribution < 1.29 is 0 Å². The van der Waals surface area contributed by atoms with Crippen LogP contribution in [0.5, 0.6) is 0 Å². The van der Waals surface area contributed by atoms with Gasteiger partial charge in [-0.2, -0.15) is 5.10 Å². The Hall–Kier alpha value is -1.31. The van der Waals surface area contributed by atoms with Gasteiger partial charge in [-0.15, -0.1) is 0 Å². The molecule has 0 bridgehead atoms. The molecule has 0 N–H and O–H groups in total. The van der Waals surface area contributed by atoms with Crippen molar-refractivity contribution in [1.82, 2.24) is 0 Å². The van der Waals surface area contributed by atoms with Gasteiger partial charge in [-0.3, -0.25) is 5.01 Å². The molecule has 1 saturated carbocycles. The summed E-state index contributed by atoms with van der Waals surface area (Å²) in [6.07, 6.45) is 3.89. The smallest absolute Gasteiger partial charge is 0.0594 e. The quantitative estimate of drug-likeness (QED) is 0.658. The van der Waals surface area contributed by atoms with Crippen molar-refractivity contribution in [3.05, 3.63) is 30.3 Å². The molecule has 1 unspecified atom stereocenters. The summed E-state index contributed by atoms with van der Waals surface area (Å²) in [4.78, 5) is 0. The molecule has 72 valence electrons. The number of para-hydroxylation sites is 1. The third kappa shape index (κ3) is 1.22. The SMILES string of the molecule is c1ccc(N2CC3CCCC3=N2)cc1. The Morgan fingerprint density at radius 1 is 1.21 bits per heavy atom. The minimum atomic E-state index is 0.746. The molecular weight excluding hydrogens is 172 g/mol. The molecule has 2 heteroatoms. The van der Waals surface area contributed by atoms with Gasteiger partial charge < -0.3 is 0 Å². The lowest BCUT2D eigenvalue weighted by atomic mass is 10.1. The Morgan fingerprint density at radius 3 is 2.86 bits per heavy atom. The number of anilines is 1. The Morgan fingerprint density at radius 2 is 2.07 bits per heavy atom. The van der Waals surface area contributed by atoms with Gasteiger partial charge in [0.05, 0.1) is 5.69 Å². The van der Waals surface area contributed by atoms with Crippen molar-refractivity contribution in [2.24, 2.45) is 11.0 Å². The maximum absolute atomic E-state index is 4.67. The van der Waals surface area contributed by atoms with E-state index >= 15 is 0 Å². The van der Waals surface area contributed by atoms with E-state index in [9.17, 15) is 0 Å². The molecule has 1 aliphatic heterocycles. The monoisotopic (exact) mass is 186 g/mol. The summed E-state index contributed by atoms with van der Waals surface area (Å²) >= 11 is 0. The molecule has 1 atom stereocenters. The molecule has 0 spiro atoms. The van der Waals surface area contributed by atoms with E-state index in [-0.39, 0.29) is 0 Å². The normalized spacial score (nSPS) is 25.0. The van der Waals surface area contributed by atoms with Gasteiger partial charge >= 0.3 is 0 Å². The first-order chi connectivity index (χ1) is 6.93. The topological polar surface area (TPSA) is 15.6 Å². The van der Waals surface area contributed by atoms with Crippen molar-refractivity contribution >= 4 is 11.4 Å². The first kappa shape index (κ1) is 8.04. The van der Waals surface area contributed by atoms with Crippen molar-refractivity contribution in [3.63, 3.8) is 0 Å². The highest BCUT2D eigenvalue weighted by Crippen LogP contribution is 2.31. The lowest BCUT2D eigenvalue weighted by Crippen LogP contribution is -2.16. The van der Waals surface area contributed by atoms with Gasteiger partial charge in [0.15, 0.2) is 0 Å². The second-order valence-corrected chi connectivity index (χ2v) is 4.10. The van der Waals surface area contributed by atoms with Crippen LogP contribution in [-0.4, -0.2) is 12.3 Å². The fourth-order valence-corrected chi connectivity index (χ4v) is 2.40. The lowest BCUT2D eigenvalue weighted by Gasteiger charge is -2.14. The number of hydrazone groups is 1. The van der Waals surface area contributed by atoms with E-state index in [1.165, 1.54) is 30.7 Å². The number of hydrogen-bond acceptors (Lipinski definition) is 2. The zero-order valence-corrected chi connectivity index (χ0v) is 8.19. The maximum atomic E-state index is 4.67. The molecule has 1 aliphatic carbocycles. The number of benzene rings is 1. The van der Waals surface area contributed by atoms with Gasteiger partial charge in [0.1, 0.15) is 0 Å². The predicted octanol–water partition coefficient (Wildman–Crippen LogP) is 2.66. The van der Waals surface area contributed by atoms with Crippen LogP contribution in [0.15, 0.2) is 35.4 Å². The van der Waals surface area contributed by atoms with E-state index in [0.717, 1.165) is 12.5 Å². The van der Waals surface area contributed by atoms with Crippen molar-refractivity contribution in [2.45, 2.75) is 19.3 Å². The van der Waals surface area contributed by atoms with Crippen LogP contribution < -0.4 is 5.01 Å². The van der Waals surface area contributed by atoms with E-state index in [1.807, 2.05) is 6.07 Å². The van der Waals surface area contributed by atoms with Gasteiger partial charge in [0.25, 0.3) is 0 Å². The Labute approximate surface area is 84.2 Å². The predicted molar refractivity (Wildman–Crippen MR) is 58.6 cm³/mol. The zero-order chi connectivity index (χ0) is 9.38. The fraction of sp³-hybridized carbons (Fsp3) is 0.417. The summed E-state index contributed by atoms with van der Waals surface area (Å²) < 4.78 is 0. The van der Waals surface area contributed by atoms with Crippen molar-refractivity contribution in [2.75, 3.05) is 11.6 Å². The third-order valence-corrected chi connectivity index (χ3v) is 3.15. The van der Waals surface area contributed by atoms with Gasteiger partial charge in [0.2, 0.25) is 0 Å². The maximum Gasteiger partial charge on any atom is 0.0594 e. The van der Waals surface area contributed by atoms with Crippen LogP contribution in [0.1, 0.15) is 19.3 Å². The summed E-state index contributed by atoms with van der Waals surface area (Å²) in [6.45, 7) is 1.10. The largest absolute Gasteiger partial charge is 0.265 e. The second-order valence-electron chi connectivity index (χ2n) is 4.10. The molecule has 0 saturated heterocycles. The van der Waals surface area contributed by atoms with E-state index in [4.69, 9.17) is 0 Å². The highest BCUT2D eigenvalue weighted by molar-refractivity contribution is 5.91. The molecular formula is C12H14N2. The van der Waals surface area contributed by atoms with Crippen LogP contribution in [0.3, 0.4) is 0 Å². The first-order valence-corrected chi connectivity index (χ1v) is 5.33. The lowest BCUT2D eigenvalue weighted by molar-refractivity contribution is 0.667. The number of hydrogen-bond donors (Lipinski definition) is 0. The number of nitrogens with zero attached hydrogens (tertiary/aromatic N) is 2. The van der Waals surface area contributed by atoms with Gasteiger partial charge in [-0.05, 0) is 31.4 Å². The standard InChI is InChI=1S/C12H14N2/c1-2-6-11(7-3-1)14-9-10-5-4-8-12(10)13-14/h1-3,6-7,10H,4-5,8-9H2. The van der Waals surface area contributed by atoms with Crippen molar-refractivity contribution in [3.8, 4) is 0 Å². The molecule has 1 aromatic carbocycles. The summed E-state index contributed by atoms with van der Waals surface area (Å²) in [5, 5.41) is 6.82. The molecule has 2 nitrogen and oxygen atoms in total. The van der Waals surface area contributed by atoms with E-state index in [0.29, 0.717) is 0 Å². The van der Waals surface area contributed by atoms with Crippen LogP contribution in [0.4, 0.5) is 5.69 Å². The van der Waals surface area contributed by atoms with Crippen LogP contribution in [0, 0.1) is 5.92 Å². The fourth-order valence-electron chi connectivity index (χ4n) is 2.40. The van der Waals surface area contributed by atoms with E-state index in [2.05, 4.69) is 34.4 Å². The molecule has 0 radical (unpaired) electrons. The van der Waals surface area contributed by atoms with Gasteiger partial charge in [-0.1, -0.05) is 18.2 Å².